The molecule has 2 heterocycles. The highest BCUT2D eigenvalue weighted by molar-refractivity contribution is 5.76. The summed E-state index contributed by atoms with van der Waals surface area (Å²) in [6.45, 7) is 7.30. The molecule has 1 aromatic carbocycles. The molecule has 0 amide bonds. The lowest BCUT2D eigenvalue weighted by molar-refractivity contribution is -0.158. The Kier molecular flexibility index (Phi) is 4.76. The number of carbonyl (C=O) groups excluding carboxylic acids is 1. The van der Waals surface area contributed by atoms with E-state index in [-0.39, 0.29) is 12.1 Å². The largest absolute Gasteiger partial charge is 0.486 e. The lowest BCUT2D eigenvalue weighted by atomic mass is 9.82. The van der Waals surface area contributed by atoms with Gasteiger partial charge in [0.1, 0.15) is 12.7 Å². The fourth-order valence-electron chi connectivity index (χ4n) is 3.41. The van der Waals surface area contributed by atoms with Gasteiger partial charge in [-0.05, 0) is 45.4 Å². The number of piperidine rings is 1. The van der Waals surface area contributed by atoms with Crippen molar-refractivity contribution in [2.45, 2.75) is 32.8 Å². The molecule has 0 N–H and O–H groups in total. The second-order valence-electron chi connectivity index (χ2n) is 6.62. The van der Waals surface area contributed by atoms with Gasteiger partial charge in [-0.2, -0.15) is 0 Å². The van der Waals surface area contributed by atoms with Gasteiger partial charge in [0.25, 0.3) is 0 Å². The number of esters is 1. The van der Waals surface area contributed by atoms with Gasteiger partial charge in [0.15, 0.2) is 11.5 Å². The Morgan fingerprint density at radius 2 is 2.17 bits per heavy atom. The third-order valence-electron chi connectivity index (χ3n) is 4.57. The maximum atomic E-state index is 12.2. The molecule has 1 aromatic rings. The number of para-hydroxylation sites is 2. The first-order valence-electron chi connectivity index (χ1n) is 8.39. The molecule has 0 saturated carbocycles. The highest BCUT2D eigenvalue weighted by atomic mass is 16.6. The van der Waals surface area contributed by atoms with E-state index in [0.717, 1.165) is 37.4 Å². The lowest BCUT2D eigenvalue weighted by Gasteiger charge is -2.40. The van der Waals surface area contributed by atoms with Crippen molar-refractivity contribution in [2.24, 2.45) is 5.41 Å². The van der Waals surface area contributed by atoms with Crippen LogP contribution in [0.15, 0.2) is 24.3 Å². The SMILES string of the molecule is CCOC(=O)[C@@]1(C)CCCN(C[C@H]2COc3ccccc3O2)C1. The summed E-state index contributed by atoms with van der Waals surface area (Å²) in [5, 5.41) is 0. The van der Waals surface area contributed by atoms with Gasteiger partial charge in [-0.15, -0.1) is 0 Å². The molecule has 0 bridgehead atoms. The Morgan fingerprint density at radius 1 is 1.39 bits per heavy atom. The van der Waals surface area contributed by atoms with Crippen LogP contribution in [0.25, 0.3) is 0 Å². The number of carbonyl (C=O) groups is 1. The number of fused-ring (bicyclic) bond motifs is 1. The smallest absolute Gasteiger partial charge is 0.313 e. The minimum Gasteiger partial charge on any atom is -0.486 e. The zero-order valence-electron chi connectivity index (χ0n) is 13.9. The number of ether oxygens (including phenoxy) is 3. The average molecular weight is 319 g/mol. The Morgan fingerprint density at radius 3 is 2.96 bits per heavy atom. The molecule has 0 aromatic heterocycles. The van der Waals surface area contributed by atoms with Gasteiger partial charge in [-0.1, -0.05) is 12.1 Å². The molecule has 0 radical (unpaired) electrons. The molecule has 2 aliphatic heterocycles. The molecule has 0 unspecified atom stereocenters. The van der Waals surface area contributed by atoms with Crippen LogP contribution < -0.4 is 9.47 Å². The summed E-state index contributed by atoms with van der Waals surface area (Å²) in [5.74, 6) is 1.52. The zero-order chi connectivity index (χ0) is 16.3. The molecular weight excluding hydrogens is 294 g/mol. The van der Waals surface area contributed by atoms with Crippen LogP contribution in [-0.4, -0.2) is 49.8 Å². The van der Waals surface area contributed by atoms with E-state index in [1.807, 2.05) is 38.1 Å². The molecule has 1 fully saturated rings. The number of hydrogen-bond donors (Lipinski definition) is 0. The molecule has 2 aliphatic rings. The van der Waals surface area contributed by atoms with Gasteiger partial charge in [0.05, 0.1) is 12.0 Å². The normalized spacial score (nSPS) is 27.5. The van der Waals surface area contributed by atoms with Crippen molar-refractivity contribution in [1.82, 2.24) is 4.90 Å². The lowest BCUT2D eigenvalue weighted by Crippen LogP contribution is -2.50. The summed E-state index contributed by atoms with van der Waals surface area (Å²) in [5.41, 5.74) is -0.415. The van der Waals surface area contributed by atoms with Crippen LogP contribution in [0.3, 0.4) is 0 Å². The standard InChI is InChI=1S/C18H25NO4/c1-3-21-17(20)18(2)9-6-10-19(13-18)11-14-12-22-15-7-4-5-8-16(15)23-14/h4-5,7-8,14H,3,6,9-13H2,1-2H3/t14-,18-/m0/s1. The molecule has 23 heavy (non-hydrogen) atoms. The first-order valence-corrected chi connectivity index (χ1v) is 8.39. The maximum absolute atomic E-state index is 12.2. The zero-order valence-corrected chi connectivity index (χ0v) is 13.9. The van der Waals surface area contributed by atoms with Crippen molar-refractivity contribution >= 4 is 5.97 Å². The first-order chi connectivity index (χ1) is 11.1. The highest BCUT2D eigenvalue weighted by Gasteiger charge is 2.40. The summed E-state index contributed by atoms with van der Waals surface area (Å²) < 4.78 is 17.0. The minimum absolute atomic E-state index is 0.00514. The monoisotopic (exact) mass is 319 g/mol. The predicted octanol–water partition coefficient (Wildman–Crippen LogP) is 2.49. The summed E-state index contributed by atoms with van der Waals surface area (Å²) in [4.78, 5) is 14.5. The van der Waals surface area contributed by atoms with E-state index in [4.69, 9.17) is 14.2 Å². The summed E-state index contributed by atoms with van der Waals surface area (Å²) in [6, 6.07) is 7.74. The molecular formula is C18H25NO4. The number of nitrogens with zero attached hydrogens (tertiary/aromatic N) is 1. The van der Waals surface area contributed by atoms with Crippen LogP contribution in [-0.2, 0) is 9.53 Å². The number of hydrogen-bond acceptors (Lipinski definition) is 5. The van der Waals surface area contributed by atoms with Gasteiger partial charge in [0.2, 0.25) is 0 Å². The topological polar surface area (TPSA) is 48.0 Å². The van der Waals surface area contributed by atoms with Crippen molar-refractivity contribution in [3.8, 4) is 11.5 Å². The van der Waals surface area contributed by atoms with E-state index in [2.05, 4.69) is 4.90 Å². The molecule has 126 valence electrons. The van der Waals surface area contributed by atoms with Crippen LogP contribution in [0.5, 0.6) is 11.5 Å². The second-order valence-corrected chi connectivity index (χ2v) is 6.62. The third-order valence-corrected chi connectivity index (χ3v) is 4.57. The van der Waals surface area contributed by atoms with Crippen LogP contribution in [0.1, 0.15) is 26.7 Å². The van der Waals surface area contributed by atoms with Gasteiger partial charge >= 0.3 is 5.97 Å². The van der Waals surface area contributed by atoms with Gasteiger partial charge in [-0.25, -0.2) is 0 Å². The summed E-state index contributed by atoms with van der Waals surface area (Å²) >= 11 is 0. The van der Waals surface area contributed by atoms with Gasteiger partial charge in [-0.3, -0.25) is 9.69 Å². The van der Waals surface area contributed by atoms with Crippen LogP contribution in [0.2, 0.25) is 0 Å². The molecule has 5 nitrogen and oxygen atoms in total. The average Bonchev–Trinajstić information content (AvgIpc) is 2.55. The molecule has 5 heteroatoms. The fraction of sp³-hybridized carbons (Fsp3) is 0.611. The van der Waals surface area contributed by atoms with Crippen LogP contribution in [0.4, 0.5) is 0 Å². The molecule has 0 aliphatic carbocycles. The molecule has 0 spiro atoms. The number of likely N-dealkylation sites (tertiary alicyclic amines) is 1. The highest BCUT2D eigenvalue weighted by Crippen LogP contribution is 2.33. The van der Waals surface area contributed by atoms with E-state index in [9.17, 15) is 4.79 Å². The van der Waals surface area contributed by atoms with Crippen molar-refractivity contribution in [3.63, 3.8) is 0 Å². The summed E-state index contributed by atoms with van der Waals surface area (Å²) in [7, 11) is 0. The van der Waals surface area contributed by atoms with Crippen molar-refractivity contribution in [1.29, 1.82) is 0 Å². The van der Waals surface area contributed by atoms with Crippen LogP contribution >= 0.6 is 0 Å². The molecule has 1 saturated heterocycles. The number of rotatable bonds is 4. The van der Waals surface area contributed by atoms with Crippen molar-refractivity contribution in [2.75, 3.05) is 32.8 Å². The van der Waals surface area contributed by atoms with E-state index in [1.54, 1.807) is 0 Å². The quantitative estimate of drug-likeness (QED) is 0.798. The summed E-state index contributed by atoms with van der Waals surface area (Å²) in [6.07, 6.45) is 1.88. The molecule has 2 atom stereocenters. The number of benzene rings is 1. The van der Waals surface area contributed by atoms with Crippen LogP contribution in [0, 0.1) is 5.41 Å². The van der Waals surface area contributed by atoms with E-state index < -0.39 is 5.41 Å². The molecule has 3 rings (SSSR count). The Bertz CT molecular complexity index is 562. The van der Waals surface area contributed by atoms with Gasteiger partial charge in [0, 0.05) is 13.1 Å². The minimum atomic E-state index is -0.415. The van der Waals surface area contributed by atoms with E-state index in [1.165, 1.54) is 0 Å². The third kappa shape index (κ3) is 3.61. The van der Waals surface area contributed by atoms with Crippen molar-refractivity contribution in [3.05, 3.63) is 24.3 Å². The van der Waals surface area contributed by atoms with E-state index >= 15 is 0 Å². The van der Waals surface area contributed by atoms with Crippen molar-refractivity contribution < 1.29 is 19.0 Å². The Labute approximate surface area is 137 Å². The van der Waals surface area contributed by atoms with Gasteiger partial charge < -0.3 is 14.2 Å². The fourth-order valence-corrected chi connectivity index (χ4v) is 3.41. The predicted molar refractivity (Wildman–Crippen MR) is 86.8 cm³/mol. The maximum Gasteiger partial charge on any atom is 0.313 e. The van der Waals surface area contributed by atoms with E-state index in [0.29, 0.717) is 19.8 Å². The Balaban J connectivity index is 1.59. The Hall–Kier alpha value is -1.75. The second kappa shape index (κ2) is 6.79. The first kappa shape index (κ1) is 16.1.